The molecule has 0 aromatic rings. The number of rotatable bonds is 1. The summed E-state index contributed by atoms with van der Waals surface area (Å²) in [6.45, 7) is 8.34. The molecule has 7 atom stereocenters. The predicted octanol–water partition coefficient (Wildman–Crippen LogP) is 1.58. The van der Waals surface area contributed by atoms with Crippen LogP contribution in [0, 0.1) is 10.8 Å². The summed E-state index contributed by atoms with van der Waals surface area (Å²) in [5.41, 5.74) is 0.0200. The van der Waals surface area contributed by atoms with Crippen molar-refractivity contribution >= 4 is 5.97 Å². The highest BCUT2D eigenvalue weighted by atomic mass is 16.7. The van der Waals surface area contributed by atoms with Crippen LogP contribution in [0.5, 0.6) is 0 Å². The van der Waals surface area contributed by atoms with E-state index in [0.717, 1.165) is 5.57 Å². The number of hydrogen-bond acceptors (Lipinski definition) is 5. The molecular formula is C17H24O5. The van der Waals surface area contributed by atoms with Crippen molar-refractivity contribution in [3.63, 3.8) is 0 Å². The van der Waals surface area contributed by atoms with Crippen LogP contribution in [-0.2, 0) is 19.0 Å². The number of fused-ring (bicyclic) bond motifs is 2. The van der Waals surface area contributed by atoms with Gasteiger partial charge >= 0.3 is 5.97 Å². The SMILES string of the molecule is CC(=O)O[C@@H]1C[C@@]2(C)C3(CO3)[C@@H]1O[C@@H]1C=C(C)C[C@@H](O)[C@@]12C. The third-order valence-electron chi connectivity index (χ3n) is 6.83. The Labute approximate surface area is 130 Å². The van der Waals surface area contributed by atoms with Gasteiger partial charge in [-0.1, -0.05) is 25.5 Å². The fourth-order valence-corrected chi connectivity index (χ4v) is 5.27. The molecule has 2 bridgehead atoms. The second kappa shape index (κ2) is 4.13. The van der Waals surface area contributed by atoms with Crippen LogP contribution in [0.2, 0.25) is 0 Å². The molecule has 1 saturated carbocycles. The largest absolute Gasteiger partial charge is 0.460 e. The summed E-state index contributed by atoms with van der Waals surface area (Å²) in [4.78, 5) is 11.5. The average Bonchev–Trinajstić information content (AvgIpc) is 3.16. The first-order valence-corrected chi connectivity index (χ1v) is 8.06. The zero-order valence-corrected chi connectivity index (χ0v) is 13.6. The van der Waals surface area contributed by atoms with E-state index in [1.165, 1.54) is 6.92 Å². The molecule has 0 amide bonds. The molecule has 4 aliphatic rings. The minimum absolute atomic E-state index is 0.165. The van der Waals surface area contributed by atoms with E-state index in [2.05, 4.69) is 19.9 Å². The summed E-state index contributed by atoms with van der Waals surface area (Å²) in [5, 5.41) is 10.9. The Hall–Kier alpha value is -0.910. The molecule has 22 heavy (non-hydrogen) atoms. The van der Waals surface area contributed by atoms with Crippen molar-refractivity contribution in [2.45, 2.75) is 70.6 Å². The standard InChI is InChI=1S/C17H24O5/c1-9-5-12(19)16(4)13(6-9)22-14-11(21-10(2)18)7-15(16,3)17(14)8-20-17/h6,11-14,19H,5,7-8H2,1-4H3/t11-,12-,13-,14-,15-,16+,17?/m1/s1. The summed E-state index contributed by atoms with van der Waals surface area (Å²) in [5.74, 6) is -0.291. The van der Waals surface area contributed by atoms with E-state index in [0.29, 0.717) is 19.4 Å². The minimum Gasteiger partial charge on any atom is -0.460 e. The maximum atomic E-state index is 11.5. The lowest BCUT2D eigenvalue weighted by Crippen LogP contribution is -2.65. The van der Waals surface area contributed by atoms with Crippen molar-refractivity contribution in [2.24, 2.45) is 10.8 Å². The van der Waals surface area contributed by atoms with Crippen molar-refractivity contribution in [3.8, 4) is 0 Å². The van der Waals surface area contributed by atoms with E-state index in [4.69, 9.17) is 14.2 Å². The maximum Gasteiger partial charge on any atom is 0.302 e. The highest BCUT2D eigenvalue weighted by Crippen LogP contribution is 2.71. The van der Waals surface area contributed by atoms with E-state index in [-0.39, 0.29) is 29.7 Å². The second-order valence-corrected chi connectivity index (χ2v) is 7.86. The number of epoxide rings is 1. The van der Waals surface area contributed by atoms with Crippen LogP contribution in [-0.4, -0.2) is 47.7 Å². The van der Waals surface area contributed by atoms with E-state index in [1.54, 1.807) is 0 Å². The molecule has 1 spiro atoms. The second-order valence-electron chi connectivity index (χ2n) is 7.86. The molecule has 1 N–H and O–H groups in total. The highest BCUT2D eigenvalue weighted by Gasteiger charge is 2.81. The lowest BCUT2D eigenvalue weighted by molar-refractivity contribution is -0.230. The number of esters is 1. The number of hydrogen-bond donors (Lipinski definition) is 1. The first-order chi connectivity index (χ1) is 10.2. The lowest BCUT2D eigenvalue weighted by Gasteiger charge is -2.58. The molecule has 5 nitrogen and oxygen atoms in total. The lowest BCUT2D eigenvalue weighted by atomic mass is 9.51. The van der Waals surface area contributed by atoms with Crippen LogP contribution in [0.1, 0.15) is 40.5 Å². The van der Waals surface area contributed by atoms with Gasteiger partial charge in [0.1, 0.15) is 17.8 Å². The van der Waals surface area contributed by atoms with Crippen LogP contribution in [0.3, 0.4) is 0 Å². The minimum atomic E-state index is -0.481. The predicted molar refractivity (Wildman–Crippen MR) is 78.1 cm³/mol. The van der Waals surface area contributed by atoms with Crippen molar-refractivity contribution in [3.05, 3.63) is 11.6 Å². The normalized spacial score (nSPS) is 55.6. The molecule has 1 unspecified atom stereocenters. The summed E-state index contributed by atoms with van der Waals surface area (Å²) < 4.78 is 17.8. The van der Waals surface area contributed by atoms with Crippen LogP contribution in [0.25, 0.3) is 0 Å². The first kappa shape index (κ1) is 14.7. The van der Waals surface area contributed by atoms with Crippen molar-refractivity contribution in [2.75, 3.05) is 6.61 Å². The topological polar surface area (TPSA) is 68.3 Å². The molecule has 0 aromatic carbocycles. The smallest absolute Gasteiger partial charge is 0.302 e. The molecule has 2 aliphatic carbocycles. The Balaban J connectivity index is 1.81. The maximum absolute atomic E-state index is 11.5. The van der Waals surface area contributed by atoms with Gasteiger partial charge in [-0.2, -0.15) is 0 Å². The third-order valence-corrected chi connectivity index (χ3v) is 6.83. The fourth-order valence-electron chi connectivity index (χ4n) is 5.27. The van der Waals surface area contributed by atoms with Gasteiger partial charge < -0.3 is 19.3 Å². The van der Waals surface area contributed by atoms with E-state index in [1.807, 2.05) is 6.92 Å². The summed E-state index contributed by atoms with van der Waals surface area (Å²) >= 11 is 0. The van der Waals surface area contributed by atoms with E-state index < -0.39 is 17.1 Å². The van der Waals surface area contributed by atoms with Crippen molar-refractivity contribution < 1.29 is 24.1 Å². The molecule has 2 saturated heterocycles. The quantitative estimate of drug-likeness (QED) is 0.452. The number of carbonyl (C=O) groups excluding carboxylic acids is 1. The Morgan fingerprint density at radius 1 is 1.45 bits per heavy atom. The van der Waals surface area contributed by atoms with E-state index >= 15 is 0 Å². The Morgan fingerprint density at radius 2 is 2.14 bits per heavy atom. The molecule has 0 radical (unpaired) electrons. The Kier molecular flexibility index (Phi) is 2.76. The zero-order valence-electron chi connectivity index (χ0n) is 13.6. The summed E-state index contributed by atoms with van der Waals surface area (Å²) in [6, 6.07) is 0. The van der Waals surface area contributed by atoms with Crippen molar-refractivity contribution in [1.82, 2.24) is 0 Å². The molecule has 2 heterocycles. The van der Waals surface area contributed by atoms with Gasteiger partial charge in [0.2, 0.25) is 0 Å². The average molecular weight is 308 g/mol. The van der Waals surface area contributed by atoms with E-state index in [9.17, 15) is 9.90 Å². The monoisotopic (exact) mass is 308 g/mol. The number of carbonyl (C=O) groups is 1. The van der Waals surface area contributed by atoms with Crippen LogP contribution in [0.15, 0.2) is 11.6 Å². The number of aliphatic hydroxyl groups is 1. The van der Waals surface area contributed by atoms with Gasteiger partial charge in [0.15, 0.2) is 0 Å². The van der Waals surface area contributed by atoms with Gasteiger partial charge in [-0.25, -0.2) is 0 Å². The molecule has 3 fully saturated rings. The zero-order chi connectivity index (χ0) is 15.9. The molecular weight excluding hydrogens is 284 g/mol. The molecule has 0 aromatic heterocycles. The van der Waals surface area contributed by atoms with Gasteiger partial charge in [-0.15, -0.1) is 0 Å². The number of aliphatic hydroxyl groups excluding tert-OH is 1. The van der Waals surface area contributed by atoms with Crippen LogP contribution in [0.4, 0.5) is 0 Å². The molecule has 2 aliphatic heterocycles. The van der Waals surface area contributed by atoms with Gasteiger partial charge in [0.25, 0.3) is 0 Å². The highest BCUT2D eigenvalue weighted by molar-refractivity contribution is 5.66. The van der Waals surface area contributed by atoms with Gasteiger partial charge in [0.05, 0.1) is 18.8 Å². The first-order valence-electron chi connectivity index (χ1n) is 8.06. The Bertz CT molecular complexity index is 565. The van der Waals surface area contributed by atoms with Crippen molar-refractivity contribution in [1.29, 1.82) is 0 Å². The summed E-state index contributed by atoms with van der Waals surface area (Å²) in [6.07, 6.45) is 2.28. The van der Waals surface area contributed by atoms with Gasteiger partial charge in [-0.05, 0) is 19.8 Å². The molecule has 5 heteroatoms. The third kappa shape index (κ3) is 1.47. The van der Waals surface area contributed by atoms with Gasteiger partial charge in [-0.3, -0.25) is 4.79 Å². The number of ether oxygens (including phenoxy) is 3. The van der Waals surface area contributed by atoms with Crippen LogP contribution < -0.4 is 0 Å². The van der Waals surface area contributed by atoms with Gasteiger partial charge in [0, 0.05) is 17.8 Å². The molecule has 122 valence electrons. The molecule has 4 rings (SSSR count). The fraction of sp³-hybridized carbons (Fsp3) is 0.824. The summed E-state index contributed by atoms with van der Waals surface area (Å²) in [7, 11) is 0. The Morgan fingerprint density at radius 3 is 2.73 bits per heavy atom. The van der Waals surface area contributed by atoms with Crippen LogP contribution >= 0.6 is 0 Å².